The summed E-state index contributed by atoms with van der Waals surface area (Å²) in [7, 11) is 3.50. The standard InChI is InChI=1S/C14H23NO3/c1-10(2)11-5-6-14(18-4)13(7-11)15(3)8-12(17)9-16/h5-7,10,12,16-17H,8-9H2,1-4H3. The fourth-order valence-corrected chi connectivity index (χ4v) is 1.84. The van der Waals surface area contributed by atoms with Crippen LogP contribution in [0.15, 0.2) is 18.2 Å². The number of aliphatic hydroxyl groups excluding tert-OH is 2. The Morgan fingerprint density at radius 3 is 2.50 bits per heavy atom. The van der Waals surface area contributed by atoms with Gasteiger partial charge in [0.25, 0.3) is 0 Å². The first-order valence-corrected chi connectivity index (χ1v) is 6.17. The summed E-state index contributed by atoms with van der Waals surface area (Å²) < 4.78 is 5.33. The van der Waals surface area contributed by atoms with Crippen LogP contribution in [0.1, 0.15) is 25.3 Å². The molecule has 0 heterocycles. The monoisotopic (exact) mass is 253 g/mol. The molecule has 0 aromatic heterocycles. The highest BCUT2D eigenvalue weighted by Gasteiger charge is 2.13. The van der Waals surface area contributed by atoms with Gasteiger partial charge in [-0.25, -0.2) is 0 Å². The molecule has 0 spiro atoms. The molecule has 2 N–H and O–H groups in total. The number of anilines is 1. The predicted molar refractivity (Wildman–Crippen MR) is 73.4 cm³/mol. The topological polar surface area (TPSA) is 52.9 Å². The van der Waals surface area contributed by atoms with E-state index in [0.29, 0.717) is 12.5 Å². The second-order valence-corrected chi connectivity index (χ2v) is 4.80. The molecule has 102 valence electrons. The van der Waals surface area contributed by atoms with E-state index >= 15 is 0 Å². The number of rotatable bonds is 6. The SMILES string of the molecule is COc1ccc(C(C)C)cc1N(C)CC(O)CO. The summed E-state index contributed by atoms with van der Waals surface area (Å²) in [6.45, 7) is 4.40. The molecule has 1 atom stereocenters. The largest absolute Gasteiger partial charge is 0.495 e. The van der Waals surface area contributed by atoms with Crippen molar-refractivity contribution >= 4 is 5.69 Å². The number of ether oxygens (including phenoxy) is 1. The van der Waals surface area contributed by atoms with Crippen LogP contribution < -0.4 is 9.64 Å². The quantitative estimate of drug-likeness (QED) is 0.808. The molecule has 0 fully saturated rings. The molecule has 0 bridgehead atoms. The van der Waals surface area contributed by atoms with Crippen LogP contribution in [0.4, 0.5) is 5.69 Å². The van der Waals surface area contributed by atoms with Crippen molar-refractivity contribution in [2.75, 3.05) is 32.2 Å². The van der Waals surface area contributed by atoms with Crippen LogP contribution in [-0.2, 0) is 0 Å². The van der Waals surface area contributed by atoms with Gasteiger partial charge in [0, 0.05) is 13.6 Å². The number of nitrogens with zero attached hydrogens (tertiary/aromatic N) is 1. The maximum Gasteiger partial charge on any atom is 0.142 e. The van der Waals surface area contributed by atoms with Crippen molar-refractivity contribution < 1.29 is 14.9 Å². The first kappa shape index (κ1) is 14.8. The van der Waals surface area contributed by atoms with Gasteiger partial charge in [0.15, 0.2) is 0 Å². The highest BCUT2D eigenvalue weighted by molar-refractivity contribution is 5.60. The van der Waals surface area contributed by atoms with Crippen molar-refractivity contribution in [1.29, 1.82) is 0 Å². The molecule has 0 aliphatic carbocycles. The maximum atomic E-state index is 9.50. The van der Waals surface area contributed by atoms with Crippen molar-refractivity contribution in [3.05, 3.63) is 23.8 Å². The maximum absolute atomic E-state index is 9.50. The van der Waals surface area contributed by atoms with E-state index in [0.717, 1.165) is 11.4 Å². The van der Waals surface area contributed by atoms with E-state index in [-0.39, 0.29) is 6.61 Å². The fraction of sp³-hybridized carbons (Fsp3) is 0.571. The Morgan fingerprint density at radius 2 is 2.00 bits per heavy atom. The van der Waals surface area contributed by atoms with E-state index < -0.39 is 6.10 Å². The zero-order valence-corrected chi connectivity index (χ0v) is 11.6. The third-order valence-corrected chi connectivity index (χ3v) is 2.98. The minimum atomic E-state index is -0.748. The number of aliphatic hydroxyl groups is 2. The van der Waals surface area contributed by atoms with E-state index in [2.05, 4.69) is 19.9 Å². The van der Waals surface area contributed by atoms with E-state index in [1.165, 1.54) is 5.56 Å². The lowest BCUT2D eigenvalue weighted by atomic mass is 10.0. The summed E-state index contributed by atoms with van der Waals surface area (Å²) >= 11 is 0. The van der Waals surface area contributed by atoms with Crippen LogP contribution >= 0.6 is 0 Å². The summed E-state index contributed by atoms with van der Waals surface area (Å²) in [4.78, 5) is 1.89. The van der Waals surface area contributed by atoms with Crippen molar-refractivity contribution in [3.63, 3.8) is 0 Å². The van der Waals surface area contributed by atoms with Gasteiger partial charge in [-0.2, -0.15) is 0 Å². The lowest BCUT2D eigenvalue weighted by molar-refractivity contribution is 0.101. The zero-order chi connectivity index (χ0) is 13.7. The zero-order valence-electron chi connectivity index (χ0n) is 11.6. The average molecular weight is 253 g/mol. The first-order chi connectivity index (χ1) is 8.49. The number of hydrogen-bond donors (Lipinski definition) is 2. The number of likely N-dealkylation sites (N-methyl/N-ethyl adjacent to an activating group) is 1. The third-order valence-electron chi connectivity index (χ3n) is 2.98. The average Bonchev–Trinajstić information content (AvgIpc) is 2.37. The van der Waals surface area contributed by atoms with Crippen molar-refractivity contribution in [3.8, 4) is 5.75 Å². The molecule has 0 radical (unpaired) electrons. The van der Waals surface area contributed by atoms with Crippen molar-refractivity contribution in [1.82, 2.24) is 0 Å². The Labute approximate surface area is 109 Å². The smallest absolute Gasteiger partial charge is 0.142 e. The second-order valence-electron chi connectivity index (χ2n) is 4.80. The molecule has 0 aliphatic heterocycles. The Bertz CT molecular complexity index is 379. The highest BCUT2D eigenvalue weighted by Crippen LogP contribution is 2.31. The molecule has 0 saturated carbocycles. The molecule has 1 rings (SSSR count). The first-order valence-electron chi connectivity index (χ1n) is 6.17. The van der Waals surface area contributed by atoms with Gasteiger partial charge >= 0.3 is 0 Å². The molecule has 1 unspecified atom stereocenters. The molecular formula is C14H23NO3. The van der Waals surface area contributed by atoms with Crippen molar-refractivity contribution in [2.45, 2.75) is 25.9 Å². The van der Waals surface area contributed by atoms with Gasteiger partial charge in [0.1, 0.15) is 5.75 Å². The van der Waals surface area contributed by atoms with Gasteiger partial charge in [0.05, 0.1) is 25.5 Å². The van der Waals surface area contributed by atoms with Gasteiger partial charge < -0.3 is 19.8 Å². The van der Waals surface area contributed by atoms with Crippen LogP contribution in [0.2, 0.25) is 0 Å². The van der Waals surface area contributed by atoms with E-state index in [1.54, 1.807) is 7.11 Å². The molecule has 4 heteroatoms. The molecule has 1 aromatic rings. The Hall–Kier alpha value is -1.26. The predicted octanol–water partition coefficient (Wildman–Crippen LogP) is 1.61. The van der Waals surface area contributed by atoms with E-state index in [1.807, 2.05) is 24.1 Å². The summed E-state index contributed by atoms with van der Waals surface area (Å²) in [5.41, 5.74) is 2.15. The van der Waals surface area contributed by atoms with Crippen LogP contribution in [0.5, 0.6) is 5.75 Å². The molecule has 0 amide bonds. The van der Waals surface area contributed by atoms with Crippen LogP contribution in [0, 0.1) is 0 Å². The Balaban J connectivity index is 2.99. The lowest BCUT2D eigenvalue weighted by Crippen LogP contribution is -2.31. The lowest BCUT2D eigenvalue weighted by Gasteiger charge is -2.24. The molecular weight excluding hydrogens is 230 g/mol. The van der Waals surface area contributed by atoms with Crippen LogP contribution in [0.25, 0.3) is 0 Å². The molecule has 18 heavy (non-hydrogen) atoms. The Kier molecular flexibility index (Phi) is 5.44. The van der Waals surface area contributed by atoms with Crippen molar-refractivity contribution in [2.24, 2.45) is 0 Å². The Morgan fingerprint density at radius 1 is 1.33 bits per heavy atom. The van der Waals surface area contributed by atoms with Crippen LogP contribution in [-0.4, -0.2) is 43.6 Å². The normalized spacial score (nSPS) is 12.6. The number of hydrogen-bond acceptors (Lipinski definition) is 4. The minimum absolute atomic E-state index is 0.240. The fourth-order valence-electron chi connectivity index (χ4n) is 1.84. The summed E-state index contributed by atoms with van der Waals surface area (Å²) in [5.74, 6) is 1.21. The highest BCUT2D eigenvalue weighted by atomic mass is 16.5. The van der Waals surface area contributed by atoms with Crippen LogP contribution in [0.3, 0.4) is 0 Å². The van der Waals surface area contributed by atoms with E-state index in [9.17, 15) is 5.11 Å². The van der Waals surface area contributed by atoms with E-state index in [4.69, 9.17) is 9.84 Å². The number of benzene rings is 1. The summed E-state index contributed by atoms with van der Waals surface area (Å²) in [6, 6.07) is 6.05. The van der Waals surface area contributed by atoms with Gasteiger partial charge in [-0.3, -0.25) is 0 Å². The summed E-state index contributed by atoms with van der Waals surface area (Å²) in [5, 5.41) is 18.4. The van der Waals surface area contributed by atoms with Gasteiger partial charge in [-0.15, -0.1) is 0 Å². The molecule has 0 aliphatic rings. The molecule has 4 nitrogen and oxygen atoms in total. The molecule has 0 saturated heterocycles. The van der Waals surface area contributed by atoms with Gasteiger partial charge in [-0.05, 0) is 23.6 Å². The minimum Gasteiger partial charge on any atom is -0.495 e. The van der Waals surface area contributed by atoms with Gasteiger partial charge in [0.2, 0.25) is 0 Å². The number of methoxy groups -OCH3 is 1. The third kappa shape index (κ3) is 3.62. The second kappa shape index (κ2) is 6.61. The summed E-state index contributed by atoms with van der Waals surface area (Å²) in [6.07, 6.45) is -0.748. The van der Waals surface area contributed by atoms with Gasteiger partial charge in [-0.1, -0.05) is 19.9 Å². The molecule has 1 aromatic carbocycles.